The van der Waals surface area contributed by atoms with Crippen LogP contribution in [0.25, 0.3) is 0 Å². The molecular weight excluding hydrogens is 292 g/mol. The molecule has 2 saturated heterocycles. The first kappa shape index (κ1) is 16.2. The number of piperidine rings is 1. The SMILES string of the molecule is CC(C)c1cc(C(=O)N2CCCCC2)nc(N2CCOCC2)n1. The molecule has 0 aliphatic carbocycles. The Morgan fingerprint density at radius 2 is 1.78 bits per heavy atom. The maximum atomic E-state index is 12.8. The first-order valence-corrected chi connectivity index (χ1v) is 8.66. The number of morpholine rings is 1. The molecule has 3 heterocycles. The van der Waals surface area contributed by atoms with Gasteiger partial charge in [0.05, 0.1) is 13.2 Å². The highest BCUT2D eigenvalue weighted by Crippen LogP contribution is 2.20. The number of hydrogen-bond donors (Lipinski definition) is 0. The Balaban J connectivity index is 1.88. The van der Waals surface area contributed by atoms with Crippen molar-refractivity contribution < 1.29 is 9.53 Å². The summed E-state index contributed by atoms with van der Waals surface area (Å²) >= 11 is 0. The summed E-state index contributed by atoms with van der Waals surface area (Å²) in [6, 6.07) is 1.87. The lowest BCUT2D eigenvalue weighted by atomic mass is 10.1. The van der Waals surface area contributed by atoms with Gasteiger partial charge in [0.15, 0.2) is 0 Å². The molecule has 6 heteroatoms. The van der Waals surface area contributed by atoms with Crippen molar-refractivity contribution in [2.75, 3.05) is 44.3 Å². The van der Waals surface area contributed by atoms with Gasteiger partial charge in [-0.3, -0.25) is 4.79 Å². The molecule has 0 N–H and O–H groups in total. The number of anilines is 1. The number of carbonyl (C=O) groups excluding carboxylic acids is 1. The number of aromatic nitrogens is 2. The van der Waals surface area contributed by atoms with E-state index in [-0.39, 0.29) is 11.8 Å². The van der Waals surface area contributed by atoms with Gasteiger partial charge in [0, 0.05) is 31.9 Å². The van der Waals surface area contributed by atoms with Gasteiger partial charge < -0.3 is 14.5 Å². The minimum Gasteiger partial charge on any atom is -0.378 e. The summed E-state index contributed by atoms with van der Waals surface area (Å²) in [7, 11) is 0. The summed E-state index contributed by atoms with van der Waals surface area (Å²) in [4.78, 5) is 26.1. The lowest BCUT2D eigenvalue weighted by Crippen LogP contribution is -2.39. The molecule has 126 valence electrons. The highest BCUT2D eigenvalue weighted by molar-refractivity contribution is 5.92. The highest BCUT2D eigenvalue weighted by Gasteiger charge is 2.23. The van der Waals surface area contributed by atoms with Gasteiger partial charge in [-0.1, -0.05) is 13.8 Å². The third kappa shape index (κ3) is 3.80. The molecule has 0 aromatic carbocycles. The van der Waals surface area contributed by atoms with E-state index in [0.717, 1.165) is 44.7 Å². The summed E-state index contributed by atoms with van der Waals surface area (Å²) in [6.45, 7) is 8.80. The van der Waals surface area contributed by atoms with Crippen LogP contribution in [0.1, 0.15) is 55.2 Å². The Morgan fingerprint density at radius 3 is 2.43 bits per heavy atom. The first-order valence-electron chi connectivity index (χ1n) is 8.66. The molecule has 0 unspecified atom stereocenters. The molecule has 6 nitrogen and oxygen atoms in total. The minimum atomic E-state index is 0.0449. The Kier molecular flexibility index (Phi) is 5.10. The van der Waals surface area contributed by atoms with E-state index in [1.54, 1.807) is 0 Å². The molecule has 0 saturated carbocycles. The molecular formula is C17H26N4O2. The topological polar surface area (TPSA) is 58.6 Å². The standard InChI is InChI=1S/C17H26N4O2/c1-13(2)14-12-15(16(22)20-6-4-3-5-7-20)19-17(18-14)21-8-10-23-11-9-21/h12-13H,3-11H2,1-2H3. The van der Waals surface area contributed by atoms with Crippen molar-refractivity contribution in [1.29, 1.82) is 0 Å². The van der Waals surface area contributed by atoms with Crippen molar-refractivity contribution in [3.63, 3.8) is 0 Å². The van der Waals surface area contributed by atoms with Crippen molar-refractivity contribution in [1.82, 2.24) is 14.9 Å². The number of rotatable bonds is 3. The van der Waals surface area contributed by atoms with Gasteiger partial charge in [-0.2, -0.15) is 0 Å². The first-order chi connectivity index (χ1) is 11.1. The number of carbonyl (C=O) groups is 1. The second-order valence-corrected chi connectivity index (χ2v) is 6.59. The van der Waals surface area contributed by atoms with E-state index in [0.29, 0.717) is 24.9 Å². The third-order valence-electron chi connectivity index (χ3n) is 4.48. The van der Waals surface area contributed by atoms with Gasteiger partial charge >= 0.3 is 0 Å². The van der Waals surface area contributed by atoms with E-state index in [4.69, 9.17) is 4.74 Å². The van der Waals surface area contributed by atoms with Crippen LogP contribution in [-0.4, -0.2) is 60.2 Å². The van der Waals surface area contributed by atoms with Crippen molar-refractivity contribution >= 4 is 11.9 Å². The van der Waals surface area contributed by atoms with Crippen LogP contribution in [0.2, 0.25) is 0 Å². The molecule has 1 amide bonds. The summed E-state index contributed by atoms with van der Waals surface area (Å²) in [5.41, 5.74) is 1.47. The minimum absolute atomic E-state index is 0.0449. The van der Waals surface area contributed by atoms with Crippen LogP contribution >= 0.6 is 0 Å². The predicted octanol–water partition coefficient (Wildman–Crippen LogP) is 2.06. The molecule has 0 bridgehead atoms. The molecule has 2 aliphatic heterocycles. The molecule has 2 fully saturated rings. The van der Waals surface area contributed by atoms with E-state index >= 15 is 0 Å². The number of nitrogens with zero attached hydrogens (tertiary/aromatic N) is 4. The molecule has 0 radical (unpaired) electrons. The Bertz CT molecular complexity index is 550. The monoisotopic (exact) mass is 318 g/mol. The van der Waals surface area contributed by atoms with Gasteiger partial charge in [0.2, 0.25) is 5.95 Å². The van der Waals surface area contributed by atoms with Crippen molar-refractivity contribution in [3.05, 3.63) is 17.5 Å². The van der Waals surface area contributed by atoms with E-state index in [2.05, 4.69) is 28.7 Å². The average Bonchev–Trinajstić information content (AvgIpc) is 2.62. The molecule has 0 atom stereocenters. The Morgan fingerprint density at radius 1 is 1.09 bits per heavy atom. The lowest BCUT2D eigenvalue weighted by Gasteiger charge is -2.29. The van der Waals surface area contributed by atoms with Gasteiger partial charge in [0.1, 0.15) is 5.69 Å². The van der Waals surface area contributed by atoms with Crippen LogP contribution in [-0.2, 0) is 4.74 Å². The number of hydrogen-bond acceptors (Lipinski definition) is 5. The van der Waals surface area contributed by atoms with Crippen molar-refractivity contribution in [3.8, 4) is 0 Å². The zero-order valence-electron chi connectivity index (χ0n) is 14.1. The number of amides is 1. The largest absolute Gasteiger partial charge is 0.378 e. The average molecular weight is 318 g/mol. The second kappa shape index (κ2) is 7.25. The molecule has 3 rings (SSSR count). The highest BCUT2D eigenvalue weighted by atomic mass is 16.5. The fourth-order valence-corrected chi connectivity index (χ4v) is 3.02. The van der Waals surface area contributed by atoms with E-state index in [9.17, 15) is 4.79 Å². The zero-order valence-corrected chi connectivity index (χ0v) is 14.1. The zero-order chi connectivity index (χ0) is 16.2. The van der Waals surface area contributed by atoms with E-state index in [1.165, 1.54) is 6.42 Å². The van der Waals surface area contributed by atoms with Crippen molar-refractivity contribution in [2.24, 2.45) is 0 Å². The Labute approximate surface area is 137 Å². The van der Waals surface area contributed by atoms with Crippen LogP contribution in [0.5, 0.6) is 0 Å². The lowest BCUT2D eigenvalue weighted by molar-refractivity contribution is 0.0718. The predicted molar refractivity (Wildman–Crippen MR) is 88.9 cm³/mol. The molecule has 1 aromatic rings. The fraction of sp³-hybridized carbons (Fsp3) is 0.706. The number of ether oxygens (including phenoxy) is 1. The summed E-state index contributed by atoms with van der Waals surface area (Å²) in [5.74, 6) is 0.981. The van der Waals surface area contributed by atoms with Crippen molar-refractivity contribution in [2.45, 2.75) is 39.0 Å². The van der Waals surface area contributed by atoms with Gasteiger partial charge in [0.25, 0.3) is 5.91 Å². The molecule has 0 spiro atoms. The molecule has 2 aliphatic rings. The fourth-order valence-electron chi connectivity index (χ4n) is 3.02. The third-order valence-corrected chi connectivity index (χ3v) is 4.48. The molecule has 23 heavy (non-hydrogen) atoms. The number of likely N-dealkylation sites (tertiary alicyclic amines) is 1. The maximum absolute atomic E-state index is 12.8. The molecule has 1 aromatic heterocycles. The van der Waals surface area contributed by atoms with Gasteiger partial charge in [-0.25, -0.2) is 9.97 Å². The van der Waals surface area contributed by atoms with Gasteiger partial charge in [-0.15, -0.1) is 0 Å². The van der Waals surface area contributed by atoms with Crippen LogP contribution < -0.4 is 4.90 Å². The van der Waals surface area contributed by atoms with Crippen LogP contribution in [0, 0.1) is 0 Å². The van der Waals surface area contributed by atoms with Gasteiger partial charge in [-0.05, 0) is 31.2 Å². The summed E-state index contributed by atoms with van der Waals surface area (Å²) in [6.07, 6.45) is 3.39. The van der Waals surface area contributed by atoms with Crippen LogP contribution in [0.3, 0.4) is 0 Å². The van der Waals surface area contributed by atoms with Crippen LogP contribution in [0.4, 0.5) is 5.95 Å². The maximum Gasteiger partial charge on any atom is 0.272 e. The second-order valence-electron chi connectivity index (χ2n) is 6.59. The quantitative estimate of drug-likeness (QED) is 0.854. The van der Waals surface area contributed by atoms with E-state index < -0.39 is 0 Å². The van der Waals surface area contributed by atoms with Crippen LogP contribution in [0.15, 0.2) is 6.07 Å². The normalized spacial score (nSPS) is 19.3. The smallest absolute Gasteiger partial charge is 0.272 e. The summed E-state index contributed by atoms with van der Waals surface area (Å²) < 4.78 is 5.40. The van der Waals surface area contributed by atoms with E-state index in [1.807, 2.05) is 11.0 Å². The Hall–Kier alpha value is -1.69. The summed E-state index contributed by atoms with van der Waals surface area (Å²) in [5, 5.41) is 0.